The summed E-state index contributed by atoms with van der Waals surface area (Å²) in [6, 6.07) is 8.73. The molecule has 1 saturated carbocycles. The lowest BCUT2D eigenvalue weighted by Crippen LogP contribution is -2.50. The zero-order valence-electron chi connectivity index (χ0n) is 19.0. The van der Waals surface area contributed by atoms with Gasteiger partial charge < -0.3 is 10.6 Å². The van der Waals surface area contributed by atoms with E-state index >= 15 is 0 Å². The van der Waals surface area contributed by atoms with Gasteiger partial charge in [-0.25, -0.2) is 0 Å². The number of hydrogen-bond acceptors (Lipinski definition) is 4. The maximum atomic E-state index is 13.2. The van der Waals surface area contributed by atoms with Crippen molar-refractivity contribution in [2.75, 3.05) is 5.32 Å². The van der Waals surface area contributed by atoms with Gasteiger partial charge in [-0.05, 0) is 49.4 Å². The van der Waals surface area contributed by atoms with Crippen LogP contribution in [0.25, 0.3) is 11.1 Å². The predicted octanol–water partition coefficient (Wildman–Crippen LogP) is 3.60. The molecule has 2 aromatic heterocycles. The van der Waals surface area contributed by atoms with Gasteiger partial charge in [-0.1, -0.05) is 38.3 Å². The highest BCUT2D eigenvalue weighted by atomic mass is 16.2. The Labute approximate surface area is 187 Å². The van der Waals surface area contributed by atoms with Gasteiger partial charge in [0, 0.05) is 30.2 Å². The number of amides is 2. The monoisotopic (exact) mass is 434 g/mol. The number of benzene rings is 1. The summed E-state index contributed by atoms with van der Waals surface area (Å²) in [6.45, 7) is 6.00. The standard InChI is InChI=1S/C24H30N6O2/c1-14(17-6-5-7-17)22(27-23(31)20-12-13-25-30(20)4)24(32)26-19-10-8-18(9-11-19)21-15(2)28-29-16(21)3/h8-14,17,22H,5-7H2,1-4H3,(H,26,32)(H,27,31)(H,28,29)/t14?,22-/m0/s1. The van der Waals surface area contributed by atoms with E-state index in [0.29, 0.717) is 17.3 Å². The fraction of sp³-hybridized carbons (Fsp3) is 0.417. The van der Waals surface area contributed by atoms with Gasteiger partial charge in [-0.15, -0.1) is 0 Å². The SMILES string of the molecule is Cc1n[nH]c(C)c1-c1ccc(NC(=O)[C@@H](NC(=O)c2ccnn2C)C(C)C2CCC2)cc1. The van der Waals surface area contributed by atoms with Crippen LogP contribution in [0.1, 0.15) is 48.1 Å². The fourth-order valence-electron chi connectivity index (χ4n) is 4.40. The lowest BCUT2D eigenvalue weighted by atomic mass is 9.73. The first-order chi connectivity index (χ1) is 15.3. The van der Waals surface area contributed by atoms with Crippen LogP contribution in [0, 0.1) is 25.7 Å². The molecule has 8 heteroatoms. The molecule has 168 valence electrons. The second-order valence-corrected chi connectivity index (χ2v) is 8.72. The average molecular weight is 435 g/mol. The van der Waals surface area contributed by atoms with Crippen LogP contribution >= 0.6 is 0 Å². The Bertz CT molecular complexity index is 1090. The van der Waals surface area contributed by atoms with Gasteiger partial charge in [0.1, 0.15) is 11.7 Å². The van der Waals surface area contributed by atoms with Crippen LogP contribution in [0.5, 0.6) is 0 Å². The molecule has 0 saturated heterocycles. The molecule has 1 fully saturated rings. The second kappa shape index (κ2) is 8.98. The van der Waals surface area contributed by atoms with E-state index in [-0.39, 0.29) is 17.7 Å². The molecule has 3 aromatic rings. The van der Waals surface area contributed by atoms with Gasteiger partial charge in [0.2, 0.25) is 5.91 Å². The van der Waals surface area contributed by atoms with Crippen molar-refractivity contribution in [2.24, 2.45) is 18.9 Å². The molecule has 1 aromatic carbocycles. The van der Waals surface area contributed by atoms with Crippen molar-refractivity contribution >= 4 is 17.5 Å². The Morgan fingerprint density at radius 1 is 1.16 bits per heavy atom. The van der Waals surface area contributed by atoms with Crippen molar-refractivity contribution in [1.82, 2.24) is 25.3 Å². The number of H-pyrrole nitrogens is 1. The van der Waals surface area contributed by atoms with E-state index in [1.165, 1.54) is 11.1 Å². The third-order valence-electron chi connectivity index (χ3n) is 6.61. The van der Waals surface area contributed by atoms with E-state index in [2.05, 4.69) is 25.9 Å². The molecule has 2 atom stereocenters. The molecule has 2 amide bonds. The minimum Gasteiger partial charge on any atom is -0.339 e. The zero-order chi connectivity index (χ0) is 22.8. The zero-order valence-corrected chi connectivity index (χ0v) is 19.0. The maximum Gasteiger partial charge on any atom is 0.270 e. The number of carbonyl (C=O) groups is 2. The van der Waals surface area contributed by atoms with Crippen LogP contribution in [0.2, 0.25) is 0 Å². The van der Waals surface area contributed by atoms with Crippen molar-refractivity contribution in [2.45, 2.75) is 46.1 Å². The van der Waals surface area contributed by atoms with Gasteiger partial charge in [-0.2, -0.15) is 10.2 Å². The lowest BCUT2D eigenvalue weighted by molar-refractivity contribution is -0.119. The summed E-state index contributed by atoms with van der Waals surface area (Å²) in [5.41, 5.74) is 5.17. The van der Waals surface area contributed by atoms with Gasteiger partial charge in [0.15, 0.2) is 0 Å². The number of aromatic amines is 1. The van der Waals surface area contributed by atoms with Crippen molar-refractivity contribution in [3.63, 3.8) is 0 Å². The number of carbonyl (C=O) groups excluding carboxylic acids is 2. The summed E-state index contributed by atoms with van der Waals surface area (Å²) >= 11 is 0. The Hall–Kier alpha value is -3.42. The van der Waals surface area contributed by atoms with Crippen LogP contribution in [-0.4, -0.2) is 37.8 Å². The molecule has 1 aliphatic carbocycles. The Kier molecular flexibility index (Phi) is 6.12. The first-order valence-corrected chi connectivity index (χ1v) is 11.1. The van der Waals surface area contributed by atoms with Gasteiger partial charge in [0.05, 0.1) is 5.69 Å². The first-order valence-electron chi connectivity index (χ1n) is 11.1. The van der Waals surface area contributed by atoms with E-state index in [0.717, 1.165) is 35.4 Å². The Balaban J connectivity index is 1.50. The molecule has 0 bridgehead atoms. The molecular formula is C24H30N6O2. The second-order valence-electron chi connectivity index (χ2n) is 8.72. The van der Waals surface area contributed by atoms with Crippen molar-refractivity contribution in [3.8, 4) is 11.1 Å². The van der Waals surface area contributed by atoms with Gasteiger partial charge in [-0.3, -0.25) is 19.4 Å². The number of nitrogens with zero attached hydrogens (tertiary/aromatic N) is 3. The Morgan fingerprint density at radius 3 is 2.41 bits per heavy atom. The maximum absolute atomic E-state index is 13.2. The highest BCUT2D eigenvalue weighted by molar-refractivity contribution is 6.00. The highest BCUT2D eigenvalue weighted by Crippen LogP contribution is 2.35. The number of rotatable bonds is 7. The van der Waals surface area contributed by atoms with Crippen LogP contribution in [0.3, 0.4) is 0 Å². The molecule has 1 unspecified atom stereocenters. The van der Waals surface area contributed by atoms with Crippen LogP contribution in [-0.2, 0) is 11.8 Å². The molecule has 1 aliphatic rings. The molecule has 0 aliphatic heterocycles. The van der Waals surface area contributed by atoms with Crippen LogP contribution in [0.4, 0.5) is 5.69 Å². The van der Waals surface area contributed by atoms with E-state index in [1.807, 2.05) is 45.0 Å². The van der Waals surface area contributed by atoms with Crippen LogP contribution in [0.15, 0.2) is 36.5 Å². The summed E-state index contributed by atoms with van der Waals surface area (Å²) in [5, 5.41) is 17.3. The van der Waals surface area contributed by atoms with E-state index in [1.54, 1.807) is 19.3 Å². The summed E-state index contributed by atoms with van der Waals surface area (Å²) in [5.74, 6) is -0.0237. The summed E-state index contributed by atoms with van der Waals surface area (Å²) in [4.78, 5) is 26.1. The van der Waals surface area contributed by atoms with Gasteiger partial charge in [0.25, 0.3) is 5.91 Å². The van der Waals surface area contributed by atoms with Crippen molar-refractivity contribution < 1.29 is 9.59 Å². The minimum absolute atomic E-state index is 0.0384. The topological polar surface area (TPSA) is 105 Å². The molecule has 2 heterocycles. The largest absolute Gasteiger partial charge is 0.339 e. The Morgan fingerprint density at radius 2 is 1.88 bits per heavy atom. The van der Waals surface area contributed by atoms with Crippen molar-refractivity contribution in [1.29, 1.82) is 0 Å². The third kappa shape index (κ3) is 4.30. The molecule has 3 N–H and O–H groups in total. The first kappa shape index (κ1) is 21.8. The predicted molar refractivity (Wildman–Crippen MR) is 123 cm³/mol. The molecular weight excluding hydrogens is 404 g/mol. The average Bonchev–Trinajstić information content (AvgIpc) is 3.30. The molecule has 0 spiro atoms. The molecule has 4 rings (SSSR count). The third-order valence-corrected chi connectivity index (χ3v) is 6.61. The molecule has 0 radical (unpaired) electrons. The quantitative estimate of drug-likeness (QED) is 0.528. The number of hydrogen-bond donors (Lipinski definition) is 3. The van der Waals surface area contributed by atoms with Crippen molar-refractivity contribution in [3.05, 3.63) is 53.6 Å². The normalized spacial score (nSPS) is 15.6. The smallest absolute Gasteiger partial charge is 0.270 e. The number of anilines is 1. The fourth-order valence-corrected chi connectivity index (χ4v) is 4.40. The van der Waals surface area contributed by atoms with E-state index in [9.17, 15) is 9.59 Å². The summed E-state index contributed by atoms with van der Waals surface area (Å²) in [6.07, 6.45) is 4.92. The van der Waals surface area contributed by atoms with Crippen LogP contribution < -0.4 is 10.6 Å². The number of nitrogens with one attached hydrogen (secondary N) is 3. The number of aryl methyl sites for hydroxylation is 3. The molecule has 32 heavy (non-hydrogen) atoms. The lowest BCUT2D eigenvalue weighted by Gasteiger charge is -2.36. The minimum atomic E-state index is -0.624. The van der Waals surface area contributed by atoms with E-state index < -0.39 is 6.04 Å². The number of aromatic nitrogens is 4. The highest BCUT2D eigenvalue weighted by Gasteiger charge is 2.35. The molecule has 8 nitrogen and oxygen atoms in total. The van der Waals surface area contributed by atoms with Gasteiger partial charge >= 0.3 is 0 Å². The summed E-state index contributed by atoms with van der Waals surface area (Å²) < 4.78 is 1.51. The van der Waals surface area contributed by atoms with E-state index in [4.69, 9.17) is 0 Å². The summed E-state index contributed by atoms with van der Waals surface area (Å²) in [7, 11) is 1.71.